The summed E-state index contributed by atoms with van der Waals surface area (Å²) in [6.07, 6.45) is 0.665. The van der Waals surface area contributed by atoms with Crippen LogP contribution in [0.3, 0.4) is 0 Å². The Hall–Kier alpha value is -2.85. The second-order valence-electron chi connectivity index (χ2n) is 6.88. The number of benzene rings is 2. The molecule has 3 amide bonds. The lowest BCUT2D eigenvalue weighted by molar-refractivity contribution is -0.119. The van der Waals surface area contributed by atoms with Crippen molar-refractivity contribution in [2.45, 2.75) is 26.3 Å². The molecule has 0 fully saturated rings. The number of hydrogen-bond donors (Lipinski definition) is 3. The zero-order chi connectivity index (χ0) is 22.4. The lowest BCUT2D eigenvalue weighted by atomic mass is 9.98. The third kappa shape index (κ3) is 6.31. The maximum Gasteiger partial charge on any atom is 0.319 e. The average molecular weight is 506 g/mol. The monoisotopic (exact) mass is 505 g/mol. The molecule has 0 bridgehead atoms. The Morgan fingerprint density at radius 2 is 1.87 bits per heavy atom. The topological polar surface area (TPSA) is 96.0 Å². The molecule has 0 saturated carbocycles. The summed E-state index contributed by atoms with van der Waals surface area (Å²) in [4.78, 5) is 25.2. The van der Waals surface area contributed by atoms with Gasteiger partial charge < -0.3 is 10.6 Å². The number of carbonyl (C=O) groups is 2. The van der Waals surface area contributed by atoms with E-state index in [9.17, 15) is 14.0 Å². The van der Waals surface area contributed by atoms with Gasteiger partial charge in [0.2, 0.25) is 11.0 Å². The van der Waals surface area contributed by atoms with Crippen LogP contribution in [0.5, 0.6) is 0 Å². The van der Waals surface area contributed by atoms with Crippen molar-refractivity contribution in [2.75, 3.05) is 10.6 Å². The first-order valence-corrected chi connectivity index (χ1v) is 11.2. The summed E-state index contributed by atoms with van der Waals surface area (Å²) in [5.41, 5.74) is 1.18. The number of anilines is 2. The predicted octanol–water partition coefficient (Wildman–Crippen LogP) is 5.28. The van der Waals surface area contributed by atoms with E-state index in [0.29, 0.717) is 22.2 Å². The second-order valence-corrected chi connectivity index (χ2v) is 8.77. The van der Waals surface area contributed by atoms with Gasteiger partial charge in [0, 0.05) is 15.7 Å². The van der Waals surface area contributed by atoms with Crippen molar-refractivity contribution in [1.29, 1.82) is 0 Å². The predicted molar refractivity (Wildman–Crippen MR) is 123 cm³/mol. The molecule has 0 aliphatic carbocycles. The molecule has 0 spiro atoms. The van der Waals surface area contributed by atoms with E-state index in [1.54, 1.807) is 6.07 Å². The fraction of sp³-hybridized carbons (Fsp3) is 0.238. The number of nitrogens with zero attached hydrogens (tertiary/aromatic N) is 2. The second kappa shape index (κ2) is 10.5. The molecular weight excluding hydrogens is 485 g/mol. The van der Waals surface area contributed by atoms with Crippen LogP contribution in [0.1, 0.15) is 20.3 Å². The molecule has 2 atom stereocenters. The molecule has 3 aromatic rings. The van der Waals surface area contributed by atoms with E-state index in [0.717, 1.165) is 10.0 Å². The number of hydrogen-bond acceptors (Lipinski definition) is 5. The minimum absolute atomic E-state index is 0.142. The third-order valence-electron chi connectivity index (χ3n) is 4.61. The van der Waals surface area contributed by atoms with E-state index in [4.69, 9.17) is 0 Å². The lowest BCUT2D eigenvalue weighted by Gasteiger charge is -2.23. The van der Waals surface area contributed by atoms with Gasteiger partial charge in [-0.1, -0.05) is 65.7 Å². The Morgan fingerprint density at radius 3 is 2.55 bits per heavy atom. The van der Waals surface area contributed by atoms with Gasteiger partial charge in [0.25, 0.3) is 0 Å². The van der Waals surface area contributed by atoms with Crippen molar-refractivity contribution in [1.82, 2.24) is 15.5 Å². The smallest absolute Gasteiger partial charge is 0.319 e. The van der Waals surface area contributed by atoms with E-state index >= 15 is 0 Å². The molecule has 0 radical (unpaired) electrons. The molecular formula is C21H21BrFN5O2S. The Labute approximate surface area is 191 Å². The van der Waals surface area contributed by atoms with Crippen molar-refractivity contribution in [2.24, 2.45) is 5.92 Å². The fourth-order valence-corrected chi connectivity index (χ4v) is 3.76. The van der Waals surface area contributed by atoms with Crippen LogP contribution in [0.4, 0.5) is 20.0 Å². The van der Waals surface area contributed by atoms with Gasteiger partial charge in [-0.05, 0) is 36.2 Å². The van der Waals surface area contributed by atoms with Gasteiger partial charge in [0.1, 0.15) is 16.9 Å². The molecule has 10 heteroatoms. The van der Waals surface area contributed by atoms with Crippen molar-refractivity contribution in [3.8, 4) is 10.6 Å². The zero-order valence-electron chi connectivity index (χ0n) is 16.9. The molecule has 2 aromatic carbocycles. The summed E-state index contributed by atoms with van der Waals surface area (Å²) in [5.74, 6) is -1.01. The molecule has 0 aliphatic heterocycles. The van der Waals surface area contributed by atoms with Crippen LogP contribution in [-0.2, 0) is 4.79 Å². The number of nitrogens with one attached hydrogen (secondary N) is 3. The quantitative estimate of drug-likeness (QED) is 0.406. The van der Waals surface area contributed by atoms with E-state index < -0.39 is 23.8 Å². The van der Waals surface area contributed by atoms with Crippen molar-refractivity contribution >= 4 is 50.0 Å². The van der Waals surface area contributed by atoms with Gasteiger partial charge in [-0.25, -0.2) is 9.18 Å². The van der Waals surface area contributed by atoms with Crippen LogP contribution in [0.15, 0.2) is 53.0 Å². The minimum atomic E-state index is -0.807. The van der Waals surface area contributed by atoms with Gasteiger partial charge in [-0.15, -0.1) is 10.2 Å². The zero-order valence-corrected chi connectivity index (χ0v) is 19.3. The van der Waals surface area contributed by atoms with Gasteiger partial charge >= 0.3 is 6.03 Å². The third-order valence-corrected chi connectivity index (χ3v) is 6.03. The Kier molecular flexibility index (Phi) is 7.69. The number of carbonyl (C=O) groups excluding carboxylic acids is 2. The lowest BCUT2D eigenvalue weighted by Crippen LogP contribution is -2.49. The SMILES string of the molecule is CC[C@H](C)[C@@H](NC(=O)Nc1cccc(F)c1)C(=O)Nc1nnc(-c2ccc(Br)cc2)s1. The first kappa shape index (κ1) is 22.8. The number of aromatic nitrogens is 2. The number of halogens is 2. The summed E-state index contributed by atoms with van der Waals surface area (Å²) in [5, 5.41) is 17.1. The molecule has 3 N–H and O–H groups in total. The van der Waals surface area contributed by atoms with Crippen LogP contribution in [0.25, 0.3) is 10.6 Å². The molecule has 31 heavy (non-hydrogen) atoms. The summed E-state index contributed by atoms with van der Waals surface area (Å²) < 4.78 is 14.3. The van der Waals surface area contributed by atoms with Gasteiger partial charge in [0.05, 0.1) is 0 Å². The van der Waals surface area contributed by atoms with E-state index in [1.807, 2.05) is 38.1 Å². The van der Waals surface area contributed by atoms with E-state index in [-0.39, 0.29) is 5.92 Å². The van der Waals surface area contributed by atoms with Crippen LogP contribution >= 0.6 is 27.3 Å². The number of rotatable bonds is 7. The van der Waals surface area contributed by atoms with Crippen LogP contribution in [0, 0.1) is 11.7 Å². The normalized spacial score (nSPS) is 12.6. The highest BCUT2D eigenvalue weighted by Gasteiger charge is 2.27. The van der Waals surface area contributed by atoms with Crippen LogP contribution in [0.2, 0.25) is 0 Å². The standard InChI is InChI=1S/C21H21BrFN5O2S/c1-3-12(2)17(25-20(30)24-16-6-4-5-15(23)11-16)18(29)26-21-28-27-19(31-21)13-7-9-14(22)10-8-13/h4-12,17H,3H2,1-2H3,(H2,24,25,30)(H,26,28,29)/t12-,17+/m0/s1. The van der Waals surface area contributed by atoms with Crippen molar-refractivity contribution in [3.63, 3.8) is 0 Å². The highest BCUT2D eigenvalue weighted by atomic mass is 79.9. The van der Waals surface area contributed by atoms with E-state index in [2.05, 4.69) is 42.1 Å². The molecule has 7 nitrogen and oxygen atoms in total. The molecule has 3 rings (SSSR count). The molecule has 0 aliphatic rings. The molecule has 1 aromatic heterocycles. The molecule has 162 valence electrons. The highest BCUT2D eigenvalue weighted by molar-refractivity contribution is 9.10. The Morgan fingerprint density at radius 1 is 1.13 bits per heavy atom. The van der Waals surface area contributed by atoms with Crippen LogP contribution in [-0.4, -0.2) is 28.2 Å². The molecule has 0 saturated heterocycles. The average Bonchev–Trinajstić information content (AvgIpc) is 3.20. The van der Waals surface area contributed by atoms with E-state index in [1.165, 1.54) is 29.5 Å². The summed E-state index contributed by atoms with van der Waals surface area (Å²) in [6, 6.07) is 11.7. The van der Waals surface area contributed by atoms with Crippen LogP contribution < -0.4 is 16.0 Å². The van der Waals surface area contributed by atoms with Gasteiger partial charge in [-0.2, -0.15) is 0 Å². The number of urea groups is 1. The van der Waals surface area contributed by atoms with Crippen molar-refractivity contribution < 1.29 is 14.0 Å². The Bertz CT molecular complexity index is 1060. The van der Waals surface area contributed by atoms with Gasteiger partial charge in [-0.3, -0.25) is 10.1 Å². The maximum absolute atomic E-state index is 13.3. The molecule has 1 heterocycles. The first-order chi connectivity index (χ1) is 14.9. The van der Waals surface area contributed by atoms with Gasteiger partial charge in [0.15, 0.2) is 0 Å². The molecule has 0 unspecified atom stereocenters. The summed E-state index contributed by atoms with van der Waals surface area (Å²) in [6.45, 7) is 3.79. The maximum atomic E-state index is 13.3. The van der Waals surface area contributed by atoms with Crippen molar-refractivity contribution in [3.05, 3.63) is 58.8 Å². The number of amides is 3. The first-order valence-electron chi connectivity index (χ1n) is 9.59. The fourth-order valence-electron chi connectivity index (χ4n) is 2.74. The summed E-state index contributed by atoms with van der Waals surface area (Å²) >= 11 is 4.63. The summed E-state index contributed by atoms with van der Waals surface area (Å²) in [7, 11) is 0. The highest BCUT2D eigenvalue weighted by Crippen LogP contribution is 2.27. The minimum Gasteiger partial charge on any atom is -0.326 e. The Balaban J connectivity index is 1.67. The largest absolute Gasteiger partial charge is 0.326 e.